The quantitative estimate of drug-likeness (QED) is 0.130. The zero-order valence-corrected chi connectivity index (χ0v) is 25.0. The number of amides is 4. The summed E-state index contributed by atoms with van der Waals surface area (Å²) in [4.78, 5) is 87.4. The second-order valence-corrected chi connectivity index (χ2v) is 12.3. The molecule has 2 aromatic carbocycles. The minimum Gasteiger partial charge on any atom is -0.478 e. The van der Waals surface area contributed by atoms with Crippen LogP contribution in [0.3, 0.4) is 0 Å². The highest BCUT2D eigenvalue weighted by Gasteiger charge is 2.70. The third kappa shape index (κ3) is 6.37. The number of hydrogen-bond acceptors (Lipinski definition) is 10. The van der Waals surface area contributed by atoms with Crippen LogP contribution in [0, 0.1) is 0 Å². The normalized spacial score (nSPS) is 19.6. The van der Waals surface area contributed by atoms with E-state index in [9.17, 15) is 38.7 Å². The number of urea groups is 1. The van der Waals surface area contributed by atoms with Gasteiger partial charge in [0.2, 0.25) is 17.5 Å². The summed E-state index contributed by atoms with van der Waals surface area (Å²) < 4.78 is 8.99. The first-order valence-corrected chi connectivity index (χ1v) is 14.2. The van der Waals surface area contributed by atoms with E-state index >= 15 is 0 Å². The maximum Gasteiger partial charge on any atom is 0.352 e. The molecule has 2 aliphatic rings. The van der Waals surface area contributed by atoms with E-state index in [1.54, 1.807) is 32.0 Å². The highest BCUT2D eigenvalue weighted by atomic mass is 32.2. The third-order valence-electron chi connectivity index (χ3n) is 7.00. The fraction of sp³-hybridized carbons (Fsp3) is 0.345. The predicted molar refractivity (Wildman–Crippen MR) is 156 cm³/mol. The number of benzene rings is 2. The molecular formula is C29H30N4O10S. The Morgan fingerprint density at radius 2 is 1.66 bits per heavy atom. The summed E-state index contributed by atoms with van der Waals surface area (Å²) >= 11 is 1.30. The van der Waals surface area contributed by atoms with E-state index in [2.05, 4.69) is 16.0 Å². The van der Waals surface area contributed by atoms with Gasteiger partial charge in [-0.2, -0.15) is 0 Å². The summed E-state index contributed by atoms with van der Waals surface area (Å²) in [6, 6.07) is 9.40. The number of Topliss-reactive ketones (excluding diaryl/α,β-unsaturated/α-hetero) is 1. The molecule has 0 spiro atoms. The number of ether oxygens (including phenoxy) is 2. The average molecular weight is 627 g/mol. The number of hydrogen-bond donors (Lipinski definition) is 4. The van der Waals surface area contributed by atoms with Crippen molar-refractivity contribution >= 4 is 59.0 Å². The largest absolute Gasteiger partial charge is 0.478 e. The highest BCUT2D eigenvalue weighted by molar-refractivity contribution is 8.01. The second kappa shape index (κ2) is 12.4. The Hall–Kier alpha value is -4.92. The van der Waals surface area contributed by atoms with Gasteiger partial charge in [-0.05, 0) is 43.7 Å². The van der Waals surface area contributed by atoms with Crippen LogP contribution in [0.2, 0.25) is 0 Å². The minimum absolute atomic E-state index is 0.0589. The van der Waals surface area contributed by atoms with E-state index in [1.807, 2.05) is 0 Å². The fourth-order valence-electron chi connectivity index (χ4n) is 5.02. The van der Waals surface area contributed by atoms with Gasteiger partial charge in [0.15, 0.2) is 17.3 Å². The van der Waals surface area contributed by atoms with Crippen LogP contribution in [-0.2, 0) is 30.4 Å². The van der Waals surface area contributed by atoms with Gasteiger partial charge in [-0.25, -0.2) is 9.59 Å². The maximum absolute atomic E-state index is 13.2. The molecule has 0 saturated carbocycles. The van der Waals surface area contributed by atoms with Crippen molar-refractivity contribution in [3.05, 3.63) is 53.6 Å². The number of anilines is 1. The highest BCUT2D eigenvalue weighted by Crippen LogP contribution is 2.55. The Morgan fingerprint density at radius 1 is 1.00 bits per heavy atom. The Kier molecular flexibility index (Phi) is 8.99. The SMILES string of the molecule is CC(=O)Oc1ccc(C(=O)CNC(=O)Nc2ccccc2CC(=O)N[C@@]2(C(=O)O)N3C(=O)C[C@H]3SC2(C)C)cc1OC(C)=O. The molecule has 2 aromatic rings. The Labute approximate surface area is 255 Å². The van der Waals surface area contributed by atoms with Gasteiger partial charge in [0.25, 0.3) is 0 Å². The van der Waals surface area contributed by atoms with Crippen molar-refractivity contribution in [2.75, 3.05) is 11.9 Å². The van der Waals surface area contributed by atoms with Crippen LogP contribution in [0.25, 0.3) is 0 Å². The number of fused-ring (bicyclic) bond motifs is 1. The molecule has 2 atom stereocenters. The maximum atomic E-state index is 13.2. The van der Waals surface area contributed by atoms with Gasteiger partial charge < -0.3 is 30.5 Å². The number of ketones is 1. The number of carboxylic acid groups (broad SMARTS) is 1. The number of carbonyl (C=O) groups excluding carboxylic acids is 6. The summed E-state index contributed by atoms with van der Waals surface area (Å²) in [6.07, 6.45) is -0.123. The lowest BCUT2D eigenvalue weighted by Crippen LogP contribution is -2.75. The van der Waals surface area contributed by atoms with Crippen molar-refractivity contribution in [1.82, 2.24) is 15.5 Å². The molecule has 4 rings (SSSR count). The van der Waals surface area contributed by atoms with Crippen LogP contribution in [0.5, 0.6) is 11.5 Å². The monoisotopic (exact) mass is 626 g/mol. The summed E-state index contributed by atoms with van der Waals surface area (Å²) in [5.74, 6) is -4.50. The van der Waals surface area contributed by atoms with Crippen LogP contribution in [0.1, 0.15) is 50.0 Å². The van der Waals surface area contributed by atoms with Gasteiger partial charge in [-0.3, -0.25) is 28.9 Å². The summed E-state index contributed by atoms with van der Waals surface area (Å²) in [6.45, 7) is 5.16. The van der Waals surface area contributed by atoms with Crippen molar-refractivity contribution in [2.24, 2.45) is 0 Å². The number of aliphatic carboxylic acids is 1. The van der Waals surface area contributed by atoms with Crippen molar-refractivity contribution < 1.29 is 48.1 Å². The molecule has 232 valence electrons. The molecule has 2 heterocycles. The molecule has 0 radical (unpaired) electrons. The van der Waals surface area contributed by atoms with Gasteiger partial charge in [-0.15, -0.1) is 11.8 Å². The molecule has 0 unspecified atom stereocenters. The van der Waals surface area contributed by atoms with Crippen LogP contribution in [0.15, 0.2) is 42.5 Å². The first kappa shape index (κ1) is 32.0. The van der Waals surface area contributed by atoms with Crippen LogP contribution in [0.4, 0.5) is 10.5 Å². The molecule has 44 heavy (non-hydrogen) atoms. The lowest BCUT2D eigenvalue weighted by atomic mass is 9.89. The molecule has 2 aliphatic heterocycles. The minimum atomic E-state index is -1.94. The molecule has 2 saturated heterocycles. The molecule has 2 fully saturated rings. The Morgan fingerprint density at radius 3 is 2.30 bits per heavy atom. The molecule has 0 aliphatic carbocycles. The van der Waals surface area contributed by atoms with E-state index in [4.69, 9.17) is 9.47 Å². The zero-order valence-electron chi connectivity index (χ0n) is 24.2. The number of nitrogens with one attached hydrogen (secondary N) is 3. The van der Waals surface area contributed by atoms with E-state index in [0.717, 1.165) is 13.8 Å². The zero-order chi connectivity index (χ0) is 32.4. The summed E-state index contributed by atoms with van der Waals surface area (Å²) in [7, 11) is 0. The topological polar surface area (TPSA) is 198 Å². The number of nitrogens with zero attached hydrogens (tertiary/aromatic N) is 1. The molecular weight excluding hydrogens is 596 g/mol. The van der Waals surface area contributed by atoms with E-state index in [1.165, 1.54) is 40.9 Å². The van der Waals surface area contributed by atoms with Crippen LogP contribution < -0.4 is 25.4 Å². The molecule has 0 bridgehead atoms. The number of β-lactam (4-membered cyclic amide) rings is 1. The Balaban J connectivity index is 1.41. The van der Waals surface area contributed by atoms with Gasteiger partial charge in [0, 0.05) is 25.1 Å². The number of para-hydroxylation sites is 1. The van der Waals surface area contributed by atoms with Gasteiger partial charge >= 0.3 is 23.9 Å². The van der Waals surface area contributed by atoms with E-state index < -0.39 is 52.6 Å². The molecule has 0 aromatic heterocycles. The lowest BCUT2D eigenvalue weighted by molar-refractivity contribution is -0.173. The number of rotatable bonds is 10. The van der Waals surface area contributed by atoms with Crippen molar-refractivity contribution in [3.63, 3.8) is 0 Å². The molecule has 14 nitrogen and oxygen atoms in total. The third-order valence-corrected chi connectivity index (χ3v) is 8.53. The van der Waals surface area contributed by atoms with Crippen LogP contribution in [-0.4, -0.2) is 73.9 Å². The smallest absolute Gasteiger partial charge is 0.352 e. The second-order valence-electron chi connectivity index (χ2n) is 10.5. The van der Waals surface area contributed by atoms with Gasteiger partial charge in [0.05, 0.1) is 29.5 Å². The van der Waals surface area contributed by atoms with Crippen molar-refractivity contribution in [2.45, 2.75) is 56.3 Å². The first-order valence-electron chi connectivity index (χ1n) is 13.4. The number of carboxylic acids is 1. The Bertz CT molecular complexity index is 1570. The first-order chi connectivity index (χ1) is 20.6. The van der Waals surface area contributed by atoms with Gasteiger partial charge in [-0.1, -0.05) is 18.2 Å². The summed E-state index contributed by atoms with van der Waals surface area (Å²) in [5.41, 5.74) is -1.29. The number of thioether (sulfide) groups is 1. The predicted octanol–water partition coefficient (Wildman–Crippen LogP) is 2.06. The lowest BCUT2D eigenvalue weighted by Gasteiger charge is -2.46. The van der Waals surface area contributed by atoms with E-state index in [-0.39, 0.29) is 46.9 Å². The van der Waals surface area contributed by atoms with E-state index in [0.29, 0.717) is 5.56 Å². The van der Waals surface area contributed by atoms with Crippen molar-refractivity contribution in [3.8, 4) is 11.5 Å². The standard InChI is InChI=1S/C29H30N4O10S/c1-15(34)42-21-10-9-18(11-22(21)43-16(2)35)20(36)14-30-27(41)31-19-8-6-5-7-17(19)12-23(37)32-29(26(39)40)28(3,4)44-25-13-24(38)33(25)29/h5-11,25H,12-14H2,1-4H3,(H,32,37)(H,39,40)(H2,30,31,41)/t25-,29+/m1/s1. The molecule has 15 heteroatoms. The average Bonchev–Trinajstić information content (AvgIpc) is 3.10. The number of carbonyl (C=O) groups is 7. The number of esters is 2. The molecule has 4 N–H and O–H groups in total. The summed E-state index contributed by atoms with van der Waals surface area (Å²) in [5, 5.41) is 17.4. The van der Waals surface area contributed by atoms with Crippen molar-refractivity contribution in [1.29, 1.82) is 0 Å². The van der Waals surface area contributed by atoms with Crippen LogP contribution >= 0.6 is 11.8 Å². The van der Waals surface area contributed by atoms with Gasteiger partial charge in [0.1, 0.15) is 0 Å². The molecule has 4 amide bonds. The fourth-order valence-corrected chi connectivity index (χ4v) is 6.72.